The number of pyridine rings is 1. The van der Waals surface area contributed by atoms with Gasteiger partial charge in [-0.2, -0.15) is 5.26 Å². The Bertz CT molecular complexity index is 945. The lowest BCUT2D eigenvalue weighted by Gasteiger charge is -2.16. The van der Waals surface area contributed by atoms with E-state index in [0.29, 0.717) is 22.9 Å². The molecule has 26 heavy (non-hydrogen) atoms. The molecule has 0 aliphatic heterocycles. The van der Waals surface area contributed by atoms with E-state index in [0.717, 1.165) is 11.1 Å². The van der Waals surface area contributed by atoms with Crippen LogP contribution < -0.4 is 4.74 Å². The standard InChI is InChI=1S/C17H15B3FN3O2/c18-17(19,20)16-13(9-25-14-6-1-10(7-22)8-23-14)15(24-26-16)11-2-4-12(21)5-3-11/h1-6,8H,9,18-20H2. The molecule has 2 aromatic heterocycles. The van der Waals surface area contributed by atoms with Gasteiger partial charge in [-0.1, -0.05) is 10.3 Å². The van der Waals surface area contributed by atoms with Gasteiger partial charge < -0.3 is 9.26 Å². The molecule has 126 valence electrons. The van der Waals surface area contributed by atoms with Crippen LogP contribution in [0.1, 0.15) is 16.9 Å². The van der Waals surface area contributed by atoms with Gasteiger partial charge in [0.1, 0.15) is 29.9 Å². The molecule has 3 aromatic rings. The van der Waals surface area contributed by atoms with E-state index in [4.69, 9.17) is 14.5 Å². The number of rotatable bonds is 5. The number of halogens is 1. The lowest BCUT2D eigenvalue weighted by molar-refractivity contribution is 0.289. The highest BCUT2D eigenvalue weighted by Gasteiger charge is 2.27. The van der Waals surface area contributed by atoms with E-state index in [1.807, 2.05) is 29.6 Å². The first-order chi connectivity index (χ1) is 12.4. The molecule has 9 heteroatoms. The summed E-state index contributed by atoms with van der Waals surface area (Å²) in [6.45, 7) is 0.196. The second kappa shape index (κ2) is 7.08. The van der Waals surface area contributed by atoms with Crippen LogP contribution in [0.3, 0.4) is 0 Å². The average molecular weight is 345 g/mol. The van der Waals surface area contributed by atoms with Crippen LogP contribution in [0.2, 0.25) is 0 Å². The third-order valence-corrected chi connectivity index (χ3v) is 3.82. The monoisotopic (exact) mass is 345 g/mol. The predicted octanol–water partition coefficient (Wildman–Crippen LogP) is 0.336. The van der Waals surface area contributed by atoms with Crippen molar-refractivity contribution in [3.63, 3.8) is 0 Å². The maximum Gasteiger partial charge on any atom is 0.213 e. The van der Waals surface area contributed by atoms with Crippen molar-refractivity contribution >= 4 is 23.5 Å². The van der Waals surface area contributed by atoms with E-state index < -0.39 is 0 Å². The van der Waals surface area contributed by atoms with Gasteiger partial charge in [0.15, 0.2) is 0 Å². The van der Waals surface area contributed by atoms with Crippen molar-refractivity contribution in [1.29, 1.82) is 5.26 Å². The van der Waals surface area contributed by atoms with Crippen molar-refractivity contribution in [3.8, 4) is 23.2 Å². The fourth-order valence-electron chi connectivity index (χ4n) is 2.55. The number of nitriles is 1. The Morgan fingerprint density at radius 3 is 2.46 bits per heavy atom. The van der Waals surface area contributed by atoms with E-state index in [1.165, 1.54) is 18.3 Å². The summed E-state index contributed by atoms with van der Waals surface area (Å²) in [7, 11) is 6.06. The van der Waals surface area contributed by atoms with Crippen molar-refractivity contribution in [1.82, 2.24) is 10.1 Å². The van der Waals surface area contributed by atoms with Crippen LogP contribution in [-0.4, -0.2) is 33.7 Å². The SMILES string of the molecule is BC(B)(B)c1onc(-c2ccc(F)cc2)c1COc1ccc(C#N)cn1. The maximum atomic E-state index is 13.2. The Labute approximate surface area is 153 Å². The van der Waals surface area contributed by atoms with Gasteiger partial charge in [-0.05, 0) is 30.3 Å². The van der Waals surface area contributed by atoms with Gasteiger partial charge in [-0.3, -0.25) is 0 Å². The summed E-state index contributed by atoms with van der Waals surface area (Å²) in [6, 6.07) is 11.4. The lowest BCUT2D eigenvalue weighted by Crippen LogP contribution is -2.28. The molecule has 0 fully saturated rings. The number of hydrogen-bond acceptors (Lipinski definition) is 5. The highest BCUT2D eigenvalue weighted by atomic mass is 19.1. The Morgan fingerprint density at radius 2 is 1.88 bits per heavy atom. The lowest BCUT2D eigenvalue weighted by atomic mass is 9.41. The summed E-state index contributed by atoms with van der Waals surface area (Å²) in [5, 5.41) is 12.7. The molecule has 5 nitrogen and oxygen atoms in total. The molecule has 0 N–H and O–H groups in total. The van der Waals surface area contributed by atoms with Crippen molar-refractivity contribution < 1.29 is 13.7 Å². The van der Waals surface area contributed by atoms with Crippen LogP contribution in [-0.2, 0) is 11.7 Å². The summed E-state index contributed by atoms with van der Waals surface area (Å²) in [6.07, 6.45) is 1.45. The number of hydrogen-bond donors (Lipinski definition) is 0. The zero-order valence-corrected chi connectivity index (χ0v) is 14.8. The minimum absolute atomic E-state index is 0.196. The molecule has 0 saturated carbocycles. The van der Waals surface area contributed by atoms with E-state index in [2.05, 4.69) is 10.1 Å². The quantitative estimate of drug-likeness (QED) is 0.624. The van der Waals surface area contributed by atoms with Gasteiger partial charge >= 0.3 is 0 Å². The summed E-state index contributed by atoms with van der Waals surface area (Å²) in [5.74, 6) is 0.786. The molecular formula is C17H15B3FN3O2. The Kier molecular flexibility index (Phi) is 4.85. The molecule has 0 atom stereocenters. The van der Waals surface area contributed by atoms with E-state index in [9.17, 15) is 4.39 Å². The molecule has 0 saturated heterocycles. The zero-order valence-electron chi connectivity index (χ0n) is 14.8. The Balaban J connectivity index is 1.93. The van der Waals surface area contributed by atoms with Gasteiger partial charge in [0.25, 0.3) is 0 Å². The first-order valence-corrected chi connectivity index (χ1v) is 8.12. The van der Waals surface area contributed by atoms with Crippen LogP contribution in [0.4, 0.5) is 4.39 Å². The van der Waals surface area contributed by atoms with Crippen molar-refractivity contribution in [2.75, 3.05) is 0 Å². The van der Waals surface area contributed by atoms with E-state index >= 15 is 0 Å². The maximum absolute atomic E-state index is 13.2. The summed E-state index contributed by atoms with van der Waals surface area (Å²) in [4.78, 5) is 4.11. The molecule has 0 spiro atoms. The number of ether oxygens (including phenoxy) is 1. The number of nitrogens with zero attached hydrogens (tertiary/aromatic N) is 3. The molecular weight excluding hydrogens is 330 g/mol. The third-order valence-electron chi connectivity index (χ3n) is 3.82. The van der Waals surface area contributed by atoms with Crippen LogP contribution in [0, 0.1) is 17.1 Å². The molecule has 2 heterocycles. The van der Waals surface area contributed by atoms with Crippen LogP contribution in [0.15, 0.2) is 47.1 Å². The third kappa shape index (κ3) is 3.80. The predicted molar refractivity (Wildman–Crippen MR) is 102 cm³/mol. The molecule has 0 radical (unpaired) electrons. The molecule has 0 amide bonds. The largest absolute Gasteiger partial charge is 0.473 e. The first-order valence-electron chi connectivity index (χ1n) is 8.12. The molecule has 0 bridgehead atoms. The van der Waals surface area contributed by atoms with Crippen molar-refractivity contribution in [2.24, 2.45) is 0 Å². The smallest absolute Gasteiger partial charge is 0.213 e. The minimum Gasteiger partial charge on any atom is -0.473 e. The zero-order chi connectivity index (χ0) is 18.7. The second-order valence-electron chi connectivity index (χ2n) is 6.88. The number of benzene rings is 1. The van der Waals surface area contributed by atoms with Gasteiger partial charge in [0.2, 0.25) is 5.88 Å². The summed E-state index contributed by atoms with van der Waals surface area (Å²) < 4.78 is 24.6. The molecule has 0 aliphatic rings. The summed E-state index contributed by atoms with van der Waals surface area (Å²) in [5.41, 5.74) is 2.61. The molecule has 1 aromatic carbocycles. The first kappa shape index (κ1) is 17.8. The molecule has 0 aliphatic carbocycles. The average Bonchev–Trinajstić information content (AvgIpc) is 3.05. The number of aromatic nitrogens is 2. The van der Waals surface area contributed by atoms with Gasteiger partial charge in [-0.15, -0.1) is 0 Å². The fourth-order valence-corrected chi connectivity index (χ4v) is 2.55. The van der Waals surface area contributed by atoms with E-state index in [-0.39, 0.29) is 17.5 Å². The fraction of sp³-hybridized carbons (Fsp3) is 0.118. The highest BCUT2D eigenvalue weighted by Crippen LogP contribution is 2.30. The highest BCUT2D eigenvalue weighted by molar-refractivity contribution is 6.58. The molecule has 0 unspecified atom stereocenters. The van der Waals surface area contributed by atoms with Crippen molar-refractivity contribution in [2.45, 2.75) is 11.7 Å². The van der Waals surface area contributed by atoms with Crippen molar-refractivity contribution in [3.05, 3.63) is 65.3 Å². The normalized spacial score (nSPS) is 11.1. The topological polar surface area (TPSA) is 71.9 Å². The van der Waals surface area contributed by atoms with Gasteiger partial charge in [0.05, 0.1) is 34.7 Å². The van der Waals surface area contributed by atoms with Gasteiger partial charge in [0, 0.05) is 17.8 Å². The minimum atomic E-state index is -0.312. The Morgan fingerprint density at radius 1 is 1.15 bits per heavy atom. The van der Waals surface area contributed by atoms with Gasteiger partial charge in [-0.25, -0.2) is 9.37 Å². The second-order valence-corrected chi connectivity index (χ2v) is 6.88. The molecule has 3 rings (SSSR count). The van der Waals surface area contributed by atoms with Crippen LogP contribution in [0.5, 0.6) is 5.88 Å². The van der Waals surface area contributed by atoms with Crippen LogP contribution in [0.25, 0.3) is 11.3 Å². The van der Waals surface area contributed by atoms with Crippen LogP contribution >= 0.6 is 0 Å². The summed E-state index contributed by atoms with van der Waals surface area (Å²) >= 11 is 0. The Hall–Kier alpha value is -3.01. The van der Waals surface area contributed by atoms with E-state index in [1.54, 1.807) is 24.3 Å².